The average molecular weight is 223 g/mol. The molecule has 0 aliphatic carbocycles. The minimum Gasteiger partial charge on any atom is -0.293 e. The van der Waals surface area contributed by atoms with Gasteiger partial charge in [-0.1, -0.05) is 0 Å². The summed E-state index contributed by atoms with van der Waals surface area (Å²) in [7, 11) is 0. The second kappa shape index (κ2) is 4.02. The van der Waals surface area contributed by atoms with E-state index in [2.05, 4.69) is 4.98 Å². The maximum Gasteiger partial charge on any atom is 0.179 e. The van der Waals surface area contributed by atoms with Crippen molar-refractivity contribution in [1.29, 1.82) is 0 Å². The third-order valence-electron chi connectivity index (χ3n) is 1.91. The molecule has 0 aliphatic heterocycles. The second-order valence-electron chi connectivity index (χ2n) is 2.96. The number of thiazole rings is 1. The molecule has 2 aromatic rings. The van der Waals surface area contributed by atoms with Crippen LogP contribution in [-0.2, 0) is 6.42 Å². The second-order valence-corrected chi connectivity index (χ2v) is 4.85. The van der Waals surface area contributed by atoms with E-state index in [9.17, 15) is 4.79 Å². The van der Waals surface area contributed by atoms with Crippen LogP contribution >= 0.6 is 22.7 Å². The monoisotopic (exact) mass is 223 g/mol. The van der Waals surface area contributed by atoms with Crippen LogP contribution in [0.2, 0.25) is 0 Å². The molecule has 0 atom stereocenters. The van der Waals surface area contributed by atoms with Crippen LogP contribution in [0.3, 0.4) is 0 Å². The Morgan fingerprint density at radius 2 is 2.29 bits per heavy atom. The van der Waals surface area contributed by atoms with E-state index in [4.69, 9.17) is 0 Å². The lowest BCUT2D eigenvalue weighted by atomic mass is 10.2. The van der Waals surface area contributed by atoms with Gasteiger partial charge >= 0.3 is 0 Å². The average Bonchev–Trinajstić information content (AvgIpc) is 2.75. The molecule has 0 amide bonds. The molecule has 2 nitrogen and oxygen atoms in total. The molecule has 4 heteroatoms. The van der Waals surface area contributed by atoms with Crippen molar-refractivity contribution in [3.05, 3.63) is 38.5 Å². The van der Waals surface area contributed by atoms with Crippen molar-refractivity contribution in [2.45, 2.75) is 13.3 Å². The van der Waals surface area contributed by atoms with Gasteiger partial charge < -0.3 is 0 Å². The van der Waals surface area contributed by atoms with Gasteiger partial charge in [0.2, 0.25) is 0 Å². The van der Waals surface area contributed by atoms with Crippen LogP contribution in [0.4, 0.5) is 0 Å². The van der Waals surface area contributed by atoms with E-state index in [1.54, 1.807) is 6.20 Å². The molecule has 0 aromatic carbocycles. The van der Waals surface area contributed by atoms with Crippen molar-refractivity contribution in [2.75, 3.05) is 0 Å². The van der Waals surface area contributed by atoms with Crippen LogP contribution in [0.15, 0.2) is 23.0 Å². The zero-order valence-electron chi connectivity index (χ0n) is 7.69. The van der Waals surface area contributed by atoms with Gasteiger partial charge in [0, 0.05) is 11.6 Å². The molecule has 0 N–H and O–H groups in total. The first-order chi connectivity index (χ1) is 6.77. The molecule has 0 aliphatic rings. The number of Topliss-reactive ketones (excluding diaryl/α,β-unsaturated/α-hetero) is 1. The van der Waals surface area contributed by atoms with E-state index in [0.717, 1.165) is 15.4 Å². The van der Waals surface area contributed by atoms with Gasteiger partial charge in [0.15, 0.2) is 5.78 Å². The van der Waals surface area contributed by atoms with E-state index >= 15 is 0 Å². The maximum absolute atomic E-state index is 11.8. The first kappa shape index (κ1) is 9.55. The number of aryl methyl sites for hydroxylation is 1. The summed E-state index contributed by atoms with van der Waals surface area (Å²) in [6, 6.07) is 1.97. The zero-order valence-corrected chi connectivity index (χ0v) is 9.32. The molecular formula is C10H9NOS2. The quantitative estimate of drug-likeness (QED) is 0.749. The molecule has 14 heavy (non-hydrogen) atoms. The van der Waals surface area contributed by atoms with Gasteiger partial charge in [0.1, 0.15) is 5.01 Å². The van der Waals surface area contributed by atoms with Crippen LogP contribution in [0.5, 0.6) is 0 Å². The highest BCUT2D eigenvalue weighted by Gasteiger charge is 2.12. The van der Waals surface area contributed by atoms with Crippen molar-refractivity contribution >= 4 is 28.5 Å². The molecular weight excluding hydrogens is 214 g/mol. The summed E-state index contributed by atoms with van der Waals surface area (Å²) in [5.41, 5.74) is 1.07. The zero-order chi connectivity index (χ0) is 9.97. The predicted octanol–water partition coefficient (Wildman–Crippen LogP) is 2.94. The first-order valence-electron chi connectivity index (χ1n) is 4.23. The summed E-state index contributed by atoms with van der Waals surface area (Å²) in [6.45, 7) is 1.96. The highest BCUT2D eigenvalue weighted by atomic mass is 32.1. The summed E-state index contributed by atoms with van der Waals surface area (Å²) in [5, 5.41) is 4.73. The first-order valence-corrected chi connectivity index (χ1v) is 5.99. The van der Waals surface area contributed by atoms with Crippen LogP contribution in [-0.4, -0.2) is 10.8 Å². The van der Waals surface area contributed by atoms with Crippen molar-refractivity contribution in [1.82, 2.24) is 4.98 Å². The number of rotatable bonds is 3. The summed E-state index contributed by atoms with van der Waals surface area (Å²) in [6.07, 6.45) is 2.16. The fraction of sp³-hybridized carbons (Fsp3) is 0.200. The fourth-order valence-electron chi connectivity index (χ4n) is 1.22. The van der Waals surface area contributed by atoms with Crippen molar-refractivity contribution in [2.24, 2.45) is 0 Å². The third kappa shape index (κ3) is 1.91. The summed E-state index contributed by atoms with van der Waals surface area (Å²) >= 11 is 3.03. The summed E-state index contributed by atoms with van der Waals surface area (Å²) in [4.78, 5) is 16.7. The van der Waals surface area contributed by atoms with Gasteiger partial charge in [-0.3, -0.25) is 4.79 Å². The molecule has 0 saturated heterocycles. The largest absolute Gasteiger partial charge is 0.293 e. The van der Waals surface area contributed by atoms with Crippen LogP contribution in [0.1, 0.15) is 20.2 Å². The Hall–Kier alpha value is -1.00. The molecule has 2 rings (SSSR count). The summed E-state index contributed by atoms with van der Waals surface area (Å²) < 4.78 is 0. The Kier molecular flexibility index (Phi) is 2.74. The van der Waals surface area contributed by atoms with Gasteiger partial charge in [-0.2, -0.15) is 0 Å². The lowest BCUT2D eigenvalue weighted by Gasteiger charge is -1.95. The number of aromatic nitrogens is 1. The van der Waals surface area contributed by atoms with E-state index in [1.807, 2.05) is 23.8 Å². The van der Waals surface area contributed by atoms with Crippen molar-refractivity contribution < 1.29 is 4.79 Å². The van der Waals surface area contributed by atoms with Crippen LogP contribution in [0.25, 0.3) is 0 Å². The Bertz CT molecular complexity index is 431. The van der Waals surface area contributed by atoms with Crippen molar-refractivity contribution in [3.8, 4) is 0 Å². The van der Waals surface area contributed by atoms with Gasteiger partial charge in [-0.15, -0.1) is 22.7 Å². The molecule has 0 radical (unpaired) electrons. The van der Waals surface area contributed by atoms with E-state index in [0.29, 0.717) is 6.42 Å². The van der Waals surface area contributed by atoms with Crippen molar-refractivity contribution in [3.63, 3.8) is 0 Å². The SMILES string of the molecule is Cc1ccsc1C(=O)Cc1nccs1. The molecule has 2 heterocycles. The Morgan fingerprint density at radius 3 is 2.86 bits per heavy atom. The minimum absolute atomic E-state index is 0.174. The normalized spacial score (nSPS) is 10.4. The van der Waals surface area contributed by atoms with E-state index < -0.39 is 0 Å². The Labute approximate surface area is 90.2 Å². The minimum atomic E-state index is 0.174. The number of ketones is 1. The number of hydrogen-bond acceptors (Lipinski definition) is 4. The third-order valence-corrected chi connectivity index (χ3v) is 3.75. The standard InChI is InChI=1S/C10H9NOS2/c1-7-2-4-14-10(7)8(12)6-9-11-3-5-13-9/h2-5H,6H2,1H3. The molecule has 0 unspecified atom stereocenters. The Balaban J connectivity index is 2.14. The number of carbonyl (C=O) groups excluding carboxylic acids is 1. The molecule has 0 saturated carbocycles. The van der Waals surface area contributed by atoms with Gasteiger partial charge in [-0.25, -0.2) is 4.98 Å². The number of hydrogen-bond donors (Lipinski definition) is 0. The van der Waals surface area contributed by atoms with Crippen LogP contribution < -0.4 is 0 Å². The fourth-order valence-corrected chi connectivity index (χ4v) is 2.70. The van der Waals surface area contributed by atoms with Gasteiger partial charge in [0.05, 0.1) is 11.3 Å². The predicted molar refractivity (Wildman–Crippen MR) is 59.2 cm³/mol. The highest BCUT2D eigenvalue weighted by molar-refractivity contribution is 7.12. The number of nitrogens with zero attached hydrogens (tertiary/aromatic N) is 1. The van der Waals surface area contributed by atoms with E-state index in [1.165, 1.54) is 22.7 Å². The maximum atomic E-state index is 11.8. The Morgan fingerprint density at radius 1 is 1.43 bits per heavy atom. The summed E-state index contributed by atoms with van der Waals surface area (Å²) in [5.74, 6) is 0.174. The molecule has 72 valence electrons. The van der Waals surface area contributed by atoms with Gasteiger partial charge in [0.25, 0.3) is 0 Å². The van der Waals surface area contributed by atoms with E-state index in [-0.39, 0.29) is 5.78 Å². The molecule has 2 aromatic heterocycles. The number of thiophene rings is 1. The lowest BCUT2D eigenvalue weighted by Crippen LogP contribution is -2.02. The molecule has 0 spiro atoms. The lowest BCUT2D eigenvalue weighted by molar-refractivity contribution is 0.0996. The topological polar surface area (TPSA) is 30.0 Å². The van der Waals surface area contributed by atoms with Gasteiger partial charge in [-0.05, 0) is 23.9 Å². The number of carbonyl (C=O) groups is 1. The molecule has 0 fully saturated rings. The smallest absolute Gasteiger partial charge is 0.179 e. The van der Waals surface area contributed by atoms with Crippen LogP contribution in [0, 0.1) is 6.92 Å². The highest BCUT2D eigenvalue weighted by Crippen LogP contribution is 2.18. The molecule has 0 bridgehead atoms.